The van der Waals surface area contributed by atoms with Crippen LogP contribution in [-0.4, -0.2) is 38.4 Å². The molecule has 2 heterocycles. The Bertz CT molecular complexity index is 856. The smallest absolute Gasteiger partial charge is 0.273 e. The highest BCUT2D eigenvalue weighted by atomic mass is 16.3. The molecule has 3 rings (SSSR count). The Hall–Kier alpha value is -2.66. The van der Waals surface area contributed by atoms with Crippen molar-refractivity contribution in [2.45, 2.75) is 20.4 Å². The molecule has 0 radical (unpaired) electrons. The van der Waals surface area contributed by atoms with E-state index in [2.05, 4.69) is 4.98 Å². The molecule has 24 heavy (non-hydrogen) atoms. The Balaban J connectivity index is 1.97. The van der Waals surface area contributed by atoms with E-state index >= 15 is 0 Å². The second kappa shape index (κ2) is 6.84. The van der Waals surface area contributed by atoms with Gasteiger partial charge in [-0.25, -0.2) is 4.98 Å². The molecule has 0 fully saturated rings. The van der Waals surface area contributed by atoms with Crippen molar-refractivity contribution in [3.8, 4) is 0 Å². The lowest BCUT2D eigenvalue weighted by atomic mass is 10.2. The van der Waals surface area contributed by atoms with Crippen LogP contribution >= 0.6 is 0 Å². The average molecular weight is 323 g/mol. The van der Waals surface area contributed by atoms with E-state index in [1.165, 1.54) is 0 Å². The quantitative estimate of drug-likeness (QED) is 0.785. The fraction of sp³-hybridized carbons (Fsp3) is 0.263. The van der Waals surface area contributed by atoms with Crippen LogP contribution in [0.5, 0.6) is 0 Å². The van der Waals surface area contributed by atoms with Crippen LogP contribution in [0.15, 0.2) is 48.7 Å². The molecule has 5 heteroatoms. The topological polar surface area (TPSA) is 57.8 Å². The summed E-state index contributed by atoms with van der Waals surface area (Å²) in [6.45, 7) is 4.51. The van der Waals surface area contributed by atoms with Crippen molar-refractivity contribution < 1.29 is 9.90 Å². The zero-order valence-corrected chi connectivity index (χ0v) is 13.9. The first-order chi connectivity index (χ1) is 11.6. The van der Waals surface area contributed by atoms with Crippen LogP contribution in [0.1, 0.15) is 27.3 Å². The summed E-state index contributed by atoms with van der Waals surface area (Å²) in [5.41, 5.74) is 4.14. The Kier molecular flexibility index (Phi) is 4.62. The molecule has 0 aliphatic heterocycles. The third-order valence-electron chi connectivity index (χ3n) is 4.03. The lowest BCUT2D eigenvalue weighted by Crippen LogP contribution is -2.34. The van der Waals surface area contributed by atoms with Crippen molar-refractivity contribution >= 4 is 11.6 Å². The molecule has 0 saturated carbocycles. The SMILES string of the molecule is Cc1ccn2c(C(=O)N(CCO)Cc3ccccc3)c(C)nc2c1. The van der Waals surface area contributed by atoms with Crippen molar-refractivity contribution in [3.63, 3.8) is 0 Å². The Morgan fingerprint density at radius 1 is 1.21 bits per heavy atom. The number of benzene rings is 1. The van der Waals surface area contributed by atoms with Gasteiger partial charge in [0.1, 0.15) is 11.3 Å². The Morgan fingerprint density at radius 3 is 2.67 bits per heavy atom. The number of fused-ring (bicyclic) bond motifs is 1. The highest BCUT2D eigenvalue weighted by Crippen LogP contribution is 2.17. The minimum Gasteiger partial charge on any atom is -0.395 e. The number of aliphatic hydroxyl groups is 1. The fourth-order valence-electron chi connectivity index (χ4n) is 2.85. The second-order valence-electron chi connectivity index (χ2n) is 5.91. The summed E-state index contributed by atoms with van der Waals surface area (Å²) < 4.78 is 1.82. The molecular weight excluding hydrogens is 302 g/mol. The monoisotopic (exact) mass is 323 g/mol. The van der Waals surface area contributed by atoms with Gasteiger partial charge in [-0.2, -0.15) is 0 Å². The molecule has 0 saturated heterocycles. The van der Waals surface area contributed by atoms with Crippen LogP contribution in [0.25, 0.3) is 5.65 Å². The molecular formula is C19H21N3O2. The van der Waals surface area contributed by atoms with Crippen molar-refractivity contribution in [2.24, 2.45) is 0 Å². The van der Waals surface area contributed by atoms with Crippen LogP contribution in [0, 0.1) is 13.8 Å². The third kappa shape index (κ3) is 3.16. The van der Waals surface area contributed by atoms with Crippen molar-refractivity contribution in [2.75, 3.05) is 13.2 Å². The van der Waals surface area contributed by atoms with E-state index in [0.717, 1.165) is 16.8 Å². The summed E-state index contributed by atoms with van der Waals surface area (Å²) in [5, 5.41) is 9.36. The van der Waals surface area contributed by atoms with E-state index in [4.69, 9.17) is 0 Å². The maximum Gasteiger partial charge on any atom is 0.273 e. The van der Waals surface area contributed by atoms with Crippen LogP contribution in [0.4, 0.5) is 0 Å². The lowest BCUT2D eigenvalue weighted by molar-refractivity contribution is 0.0700. The predicted octanol–water partition coefficient (Wildman–Crippen LogP) is 2.59. The number of nitrogens with zero attached hydrogens (tertiary/aromatic N) is 3. The summed E-state index contributed by atoms with van der Waals surface area (Å²) in [4.78, 5) is 19.2. The number of amides is 1. The van der Waals surface area contributed by atoms with E-state index in [9.17, 15) is 9.90 Å². The van der Waals surface area contributed by atoms with Crippen LogP contribution in [0.2, 0.25) is 0 Å². The number of pyridine rings is 1. The molecule has 5 nitrogen and oxygen atoms in total. The van der Waals surface area contributed by atoms with Gasteiger partial charge in [-0.1, -0.05) is 30.3 Å². The molecule has 1 amide bonds. The molecule has 0 bridgehead atoms. The van der Waals surface area contributed by atoms with E-state index in [-0.39, 0.29) is 19.1 Å². The second-order valence-corrected chi connectivity index (χ2v) is 5.91. The van der Waals surface area contributed by atoms with Crippen molar-refractivity contribution in [3.05, 3.63) is 71.2 Å². The molecule has 124 valence electrons. The number of hydrogen-bond donors (Lipinski definition) is 1. The largest absolute Gasteiger partial charge is 0.395 e. The number of aliphatic hydroxyl groups excluding tert-OH is 1. The van der Waals surface area contributed by atoms with Gasteiger partial charge in [0.15, 0.2) is 0 Å². The normalized spacial score (nSPS) is 11.0. The fourth-order valence-corrected chi connectivity index (χ4v) is 2.85. The summed E-state index contributed by atoms with van der Waals surface area (Å²) in [6, 6.07) is 13.7. The van der Waals surface area contributed by atoms with Crippen LogP contribution < -0.4 is 0 Å². The van der Waals surface area contributed by atoms with Gasteiger partial charge in [0.05, 0.1) is 12.3 Å². The summed E-state index contributed by atoms with van der Waals surface area (Å²) >= 11 is 0. The molecule has 1 aromatic carbocycles. The van der Waals surface area contributed by atoms with Gasteiger partial charge in [-0.3, -0.25) is 9.20 Å². The lowest BCUT2D eigenvalue weighted by Gasteiger charge is -2.22. The number of aryl methyl sites for hydroxylation is 2. The average Bonchev–Trinajstić information content (AvgIpc) is 2.89. The molecule has 2 aromatic heterocycles. The van der Waals surface area contributed by atoms with Gasteiger partial charge < -0.3 is 10.0 Å². The van der Waals surface area contributed by atoms with E-state index in [1.807, 2.05) is 66.9 Å². The minimum absolute atomic E-state index is 0.0759. The summed E-state index contributed by atoms with van der Waals surface area (Å²) in [5.74, 6) is -0.123. The van der Waals surface area contributed by atoms with Gasteiger partial charge in [0.25, 0.3) is 5.91 Å². The van der Waals surface area contributed by atoms with Crippen molar-refractivity contribution in [1.82, 2.24) is 14.3 Å². The zero-order chi connectivity index (χ0) is 17.1. The summed E-state index contributed by atoms with van der Waals surface area (Å²) in [7, 11) is 0. The van der Waals surface area contributed by atoms with E-state index < -0.39 is 0 Å². The molecule has 3 aromatic rings. The van der Waals surface area contributed by atoms with E-state index in [1.54, 1.807) is 4.90 Å². The summed E-state index contributed by atoms with van der Waals surface area (Å²) in [6.07, 6.45) is 1.87. The molecule has 1 N–H and O–H groups in total. The number of imidazole rings is 1. The maximum absolute atomic E-state index is 13.1. The van der Waals surface area contributed by atoms with Crippen LogP contribution in [0.3, 0.4) is 0 Å². The Morgan fingerprint density at radius 2 is 1.96 bits per heavy atom. The number of hydrogen-bond acceptors (Lipinski definition) is 3. The molecule has 0 unspecified atom stereocenters. The number of aromatic nitrogens is 2. The van der Waals surface area contributed by atoms with Gasteiger partial charge in [0, 0.05) is 19.3 Å². The van der Waals surface area contributed by atoms with Gasteiger partial charge in [0.2, 0.25) is 0 Å². The minimum atomic E-state index is -0.123. The zero-order valence-electron chi connectivity index (χ0n) is 13.9. The van der Waals surface area contributed by atoms with Crippen molar-refractivity contribution in [1.29, 1.82) is 0 Å². The van der Waals surface area contributed by atoms with E-state index in [0.29, 0.717) is 17.9 Å². The molecule has 0 aliphatic carbocycles. The number of carbonyl (C=O) groups excluding carboxylic acids is 1. The highest BCUT2D eigenvalue weighted by molar-refractivity contribution is 5.94. The standard InChI is InChI=1S/C19H21N3O2/c1-14-8-9-22-17(12-14)20-15(2)18(22)19(24)21(10-11-23)13-16-6-4-3-5-7-16/h3-9,12,23H,10-11,13H2,1-2H3. The first-order valence-electron chi connectivity index (χ1n) is 7.99. The first-order valence-corrected chi connectivity index (χ1v) is 7.99. The maximum atomic E-state index is 13.1. The highest BCUT2D eigenvalue weighted by Gasteiger charge is 2.22. The number of rotatable bonds is 5. The molecule has 0 spiro atoms. The van der Waals surface area contributed by atoms with Gasteiger partial charge in [-0.15, -0.1) is 0 Å². The first kappa shape index (κ1) is 16.2. The van der Waals surface area contributed by atoms with Crippen LogP contribution in [-0.2, 0) is 6.54 Å². The third-order valence-corrected chi connectivity index (χ3v) is 4.03. The molecule has 0 aliphatic rings. The predicted molar refractivity (Wildman–Crippen MR) is 92.9 cm³/mol. The van der Waals surface area contributed by atoms with Gasteiger partial charge >= 0.3 is 0 Å². The van der Waals surface area contributed by atoms with Gasteiger partial charge in [-0.05, 0) is 37.1 Å². The molecule has 0 atom stereocenters. The number of carbonyl (C=O) groups is 1. The Labute approximate surface area is 141 Å².